The molecule has 3 aromatic rings. The maximum atomic E-state index is 12.2. The molecule has 0 atom stereocenters. The molecule has 0 amide bonds. The second-order valence-corrected chi connectivity index (χ2v) is 5.44. The topological polar surface area (TPSA) is 45.8 Å². The van der Waals surface area contributed by atoms with Crippen molar-refractivity contribution in [2.24, 2.45) is 0 Å². The second-order valence-electron chi connectivity index (χ2n) is 5.01. The van der Waals surface area contributed by atoms with Gasteiger partial charge in [0.1, 0.15) is 5.82 Å². The molecule has 0 aliphatic carbocycles. The lowest BCUT2D eigenvalue weighted by Gasteiger charge is -2.06. The highest BCUT2D eigenvalue weighted by Gasteiger charge is 2.07. The molecule has 0 saturated carbocycles. The fourth-order valence-electron chi connectivity index (χ4n) is 2.34. The maximum Gasteiger partial charge on any atom is 0.259 e. The predicted octanol–water partition coefficient (Wildman–Crippen LogP) is 4.53. The molecule has 3 rings (SSSR count). The Bertz CT molecular complexity index is 895. The predicted molar refractivity (Wildman–Crippen MR) is 92.0 cm³/mol. The fourth-order valence-corrected chi connectivity index (χ4v) is 2.46. The van der Waals surface area contributed by atoms with Gasteiger partial charge in [-0.25, -0.2) is 4.98 Å². The first-order chi connectivity index (χ1) is 10.7. The molecule has 0 saturated heterocycles. The van der Waals surface area contributed by atoms with E-state index in [2.05, 4.69) is 9.97 Å². The standard InChI is InChI=1S/C18H15ClN2O/c1-2-13(11-12-7-9-14(19)10-8-12)17-20-16-6-4-3-5-15(16)18(22)21-17/h3-11H,2H2,1H3,(H,20,21,22)/b13-11+. The normalized spacial score (nSPS) is 11.8. The van der Waals surface area contributed by atoms with Crippen LogP contribution in [0.3, 0.4) is 0 Å². The Balaban J connectivity index is 2.11. The summed E-state index contributed by atoms with van der Waals surface area (Å²) in [5.41, 5.74) is 2.59. The van der Waals surface area contributed by atoms with Crippen LogP contribution in [0.4, 0.5) is 0 Å². The smallest absolute Gasteiger partial charge is 0.259 e. The van der Waals surface area contributed by atoms with E-state index in [0.717, 1.165) is 17.6 Å². The molecule has 1 N–H and O–H groups in total. The number of hydrogen-bond donors (Lipinski definition) is 1. The number of aromatic nitrogens is 2. The third kappa shape index (κ3) is 2.95. The van der Waals surface area contributed by atoms with Crippen LogP contribution in [0, 0.1) is 0 Å². The number of para-hydroxylation sites is 1. The van der Waals surface area contributed by atoms with Gasteiger partial charge in [0.15, 0.2) is 0 Å². The molecular weight excluding hydrogens is 296 g/mol. The Morgan fingerprint density at radius 2 is 1.91 bits per heavy atom. The van der Waals surface area contributed by atoms with Gasteiger partial charge in [-0.1, -0.05) is 42.8 Å². The number of nitrogens with one attached hydrogen (secondary N) is 1. The highest BCUT2D eigenvalue weighted by atomic mass is 35.5. The number of allylic oxidation sites excluding steroid dienone is 1. The fraction of sp³-hybridized carbons (Fsp3) is 0.111. The van der Waals surface area contributed by atoms with E-state index in [4.69, 9.17) is 11.6 Å². The highest BCUT2D eigenvalue weighted by Crippen LogP contribution is 2.20. The first-order valence-electron chi connectivity index (χ1n) is 7.13. The largest absolute Gasteiger partial charge is 0.306 e. The van der Waals surface area contributed by atoms with Crippen molar-refractivity contribution in [1.29, 1.82) is 0 Å². The lowest BCUT2D eigenvalue weighted by Crippen LogP contribution is -2.11. The number of nitrogens with zero attached hydrogens (tertiary/aromatic N) is 1. The third-order valence-corrected chi connectivity index (χ3v) is 3.76. The van der Waals surface area contributed by atoms with Crippen LogP contribution < -0.4 is 5.56 Å². The minimum Gasteiger partial charge on any atom is -0.306 e. The van der Waals surface area contributed by atoms with Crippen LogP contribution in [-0.2, 0) is 0 Å². The van der Waals surface area contributed by atoms with Gasteiger partial charge in [0.25, 0.3) is 5.56 Å². The number of benzene rings is 2. The molecule has 0 aliphatic rings. The van der Waals surface area contributed by atoms with Crippen LogP contribution >= 0.6 is 11.6 Å². The van der Waals surface area contributed by atoms with Crippen LogP contribution in [0.15, 0.2) is 53.3 Å². The average molecular weight is 311 g/mol. The zero-order valence-corrected chi connectivity index (χ0v) is 12.9. The quantitative estimate of drug-likeness (QED) is 0.772. The van der Waals surface area contributed by atoms with E-state index in [1.165, 1.54) is 0 Å². The first kappa shape index (κ1) is 14.5. The number of rotatable bonds is 3. The van der Waals surface area contributed by atoms with Crippen molar-refractivity contribution in [3.63, 3.8) is 0 Å². The summed E-state index contributed by atoms with van der Waals surface area (Å²) in [6, 6.07) is 14.9. The molecule has 0 radical (unpaired) electrons. The summed E-state index contributed by atoms with van der Waals surface area (Å²) in [6.45, 7) is 2.04. The van der Waals surface area contributed by atoms with Crippen molar-refractivity contribution in [3.05, 3.63) is 75.3 Å². The van der Waals surface area contributed by atoms with Crippen LogP contribution in [0.2, 0.25) is 5.02 Å². The molecule has 22 heavy (non-hydrogen) atoms. The molecule has 2 aromatic carbocycles. The van der Waals surface area contributed by atoms with Gasteiger partial charge in [-0.2, -0.15) is 0 Å². The summed E-state index contributed by atoms with van der Waals surface area (Å²) in [5.74, 6) is 0.612. The van der Waals surface area contributed by atoms with Gasteiger partial charge in [0.05, 0.1) is 10.9 Å². The second kappa shape index (κ2) is 6.16. The minimum absolute atomic E-state index is 0.115. The molecule has 1 aromatic heterocycles. The van der Waals surface area contributed by atoms with Crippen molar-refractivity contribution < 1.29 is 0 Å². The van der Waals surface area contributed by atoms with E-state index in [1.54, 1.807) is 6.07 Å². The van der Waals surface area contributed by atoms with Crippen molar-refractivity contribution in [2.75, 3.05) is 0 Å². The Morgan fingerprint density at radius 3 is 2.64 bits per heavy atom. The van der Waals surface area contributed by atoms with Crippen molar-refractivity contribution in [2.45, 2.75) is 13.3 Å². The summed E-state index contributed by atoms with van der Waals surface area (Å²) >= 11 is 5.90. The van der Waals surface area contributed by atoms with Crippen molar-refractivity contribution in [3.8, 4) is 0 Å². The number of hydrogen-bond acceptors (Lipinski definition) is 2. The van der Waals surface area contributed by atoms with Crippen LogP contribution in [0.5, 0.6) is 0 Å². The van der Waals surface area contributed by atoms with Crippen molar-refractivity contribution in [1.82, 2.24) is 9.97 Å². The lowest BCUT2D eigenvalue weighted by molar-refractivity contribution is 1.08. The number of halogens is 1. The van der Waals surface area contributed by atoms with E-state index >= 15 is 0 Å². The maximum absolute atomic E-state index is 12.2. The van der Waals surface area contributed by atoms with E-state index in [9.17, 15) is 4.79 Å². The summed E-state index contributed by atoms with van der Waals surface area (Å²) < 4.78 is 0. The Kier molecular flexibility index (Phi) is 4.07. The lowest BCUT2D eigenvalue weighted by atomic mass is 10.1. The molecule has 0 bridgehead atoms. The van der Waals surface area contributed by atoms with E-state index in [-0.39, 0.29) is 5.56 Å². The number of H-pyrrole nitrogens is 1. The molecule has 0 unspecified atom stereocenters. The van der Waals surface area contributed by atoms with Crippen molar-refractivity contribution >= 4 is 34.2 Å². The highest BCUT2D eigenvalue weighted by molar-refractivity contribution is 6.30. The first-order valence-corrected chi connectivity index (χ1v) is 7.51. The molecule has 0 fully saturated rings. The summed E-state index contributed by atoms with van der Waals surface area (Å²) in [5, 5.41) is 1.31. The van der Waals surface area contributed by atoms with Crippen LogP contribution in [-0.4, -0.2) is 9.97 Å². The van der Waals surface area contributed by atoms with Gasteiger partial charge < -0.3 is 4.98 Å². The SMILES string of the molecule is CC/C(=C\c1ccc(Cl)cc1)c1nc2ccccc2c(=O)[nH]1. The summed E-state index contributed by atoms with van der Waals surface area (Å²) in [6.07, 6.45) is 2.79. The summed E-state index contributed by atoms with van der Waals surface area (Å²) in [4.78, 5) is 19.6. The van der Waals surface area contributed by atoms with Gasteiger partial charge in [0, 0.05) is 5.02 Å². The molecule has 4 heteroatoms. The average Bonchev–Trinajstić information content (AvgIpc) is 2.54. The van der Waals surface area contributed by atoms with Gasteiger partial charge in [-0.3, -0.25) is 4.79 Å². The van der Waals surface area contributed by atoms with Crippen LogP contribution in [0.1, 0.15) is 24.7 Å². The molecular formula is C18H15ClN2O. The number of fused-ring (bicyclic) bond motifs is 1. The Hall–Kier alpha value is -2.39. The molecule has 1 heterocycles. The van der Waals surface area contributed by atoms with E-state index in [1.807, 2.05) is 55.5 Å². The molecule has 0 spiro atoms. The number of aromatic amines is 1. The zero-order valence-electron chi connectivity index (χ0n) is 12.1. The molecule has 110 valence electrons. The van der Waals surface area contributed by atoms with Gasteiger partial charge in [-0.05, 0) is 47.9 Å². The Morgan fingerprint density at radius 1 is 1.18 bits per heavy atom. The molecule has 3 nitrogen and oxygen atoms in total. The third-order valence-electron chi connectivity index (χ3n) is 3.51. The minimum atomic E-state index is -0.115. The summed E-state index contributed by atoms with van der Waals surface area (Å²) in [7, 11) is 0. The Labute approximate surface area is 133 Å². The van der Waals surface area contributed by atoms with Gasteiger partial charge in [-0.15, -0.1) is 0 Å². The van der Waals surface area contributed by atoms with Gasteiger partial charge >= 0.3 is 0 Å². The van der Waals surface area contributed by atoms with E-state index in [0.29, 0.717) is 21.7 Å². The van der Waals surface area contributed by atoms with Gasteiger partial charge in [0.2, 0.25) is 0 Å². The molecule has 0 aliphatic heterocycles. The van der Waals surface area contributed by atoms with Crippen LogP contribution in [0.25, 0.3) is 22.6 Å². The zero-order chi connectivity index (χ0) is 15.5. The monoisotopic (exact) mass is 310 g/mol. The van der Waals surface area contributed by atoms with E-state index < -0.39 is 0 Å².